The van der Waals surface area contributed by atoms with Crippen molar-refractivity contribution in [3.05, 3.63) is 84.2 Å². The van der Waals surface area contributed by atoms with Crippen molar-refractivity contribution in [1.82, 2.24) is 4.98 Å². The van der Waals surface area contributed by atoms with Gasteiger partial charge in [0.2, 0.25) is 0 Å². The summed E-state index contributed by atoms with van der Waals surface area (Å²) < 4.78 is 11.2. The maximum Gasteiger partial charge on any atom is 0.265 e. The summed E-state index contributed by atoms with van der Waals surface area (Å²) in [5, 5.41) is 6.70. The zero-order chi connectivity index (χ0) is 22.7. The summed E-state index contributed by atoms with van der Waals surface area (Å²) in [5.41, 5.74) is 3.67. The van der Waals surface area contributed by atoms with Gasteiger partial charge in [0.25, 0.3) is 5.91 Å². The molecule has 0 aliphatic carbocycles. The molecule has 8 heteroatoms. The van der Waals surface area contributed by atoms with Crippen LogP contribution in [0.5, 0.6) is 5.75 Å². The van der Waals surface area contributed by atoms with E-state index in [-0.39, 0.29) is 12.5 Å². The topological polar surface area (TPSA) is 85.3 Å². The van der Waals surface area contributed by atoms with Crippen LogP contribution in [0.15, 0.2) is 78.2 Å². The van der Waals surface area contributed by atoms with Crippen LogP contribution in [0.1, 0.15) is 11.1 Å². The highest BCUT2D eigenvalue weighted by Gasteiger charge is 2.11. The number of carbonyl (C=O) groups is 1. The molecule has 8 nitrogen and oxygen atoms in total. The Morgan fingerprint density at radius 2 is 1.88 bits per heavy atom. The van der Waals surface area contributed by atoms with Crippen LogP contribution in [0.2, 0.25) is 0 Å². The number of ether oxygens (including phenoxy) is 2. The minimum absolute atomic E-state index is 0.181. The molecule has 33 heavy (non-hydrogen) atoms. The first-order chi connectivity index (χ1) is 16.3. The van der Waals surface area contributed by atoms with Crippen molar-refractivity contribution in [2.24, 2.45) is 5.16 Å². The van der Waals surface area contributed by atoms with Gasteiger partial charge in [0.1, 0.15) is 12.4 Å². The molecule has 0 radical (unpaired) electrons. The van der Waals surface area contributed by atoms with Crippen LogP contribution in [0, 0.1) is 0 Å². The largest absolute Gasteiger partial charge is 0.489 e. The number of nitrogens with zero attached hydrogens (tertiary/aromatic N) is 3. The lowest BCUT2D eigenvalue weighted by molar-refractivity contribution is -0.120. The molecule has 1 amide bonds. The molecule has 1 aromatic heterocycles. The Morgan fingerprint density at radius 1 is 1.09 bits per heavy atom. The Labute approximate surface area is 192 Å². The third kappa shape index (κ3) is 7.05. The second-order valence-electron chi connectivity index (χ2n) is 7.42. The first kappa shape index (κ1) is 22.3. The Bertz CT molecular complexity index is 1050. The Morgan fingerprint density at radius 3 is 2.67 bits per heavy atom. The predicted octanol–water partition coefficient (Wildman–Crippen LogP) is 3.49. The number of hydrogen-bond acceptors (Lipinski definition) is 7. The third-order valence-corrected chi connectivity index (χ3v) is 5.01. The maximum absolute atomic E-state index is 12.1. The fourth-order valence-electron chi connectivity index (χ4n) is 3.30. The second-order valence-corrected chi connectivity index (χ2v) is 7.42. The van der Waals surface area contributed by atoms with E-state index in [0.717, 1.165) is 43.1 Å². The summed E-state index contributed by atoms with van der Waals surface area (Å²) in [6.07, 6.45) is 5.01. The number of aromatic nitrogens is 1. The number of benzene rings is 2. The van der Waals surface area contributed by atoms with Gasteiger partial charge in [-0.05, 0) is 59.7 Å². The van der Waals surface area contributed by atoms with E-state index in [1.165, 1.54) is 0 Å². The molecule has 1 saturated heterocycles. The lowest BCUT2D eigenvalue weighted by Crippen LogP contribution is -2.36. The van der Waals surface area contributed by atoms with Crippen molar-refractivity contribution in [3.8, 4) is 5.75 Å². The van der Waals surface area contributed by atoms with Gasteiger partial charge >= 0.3 is 0 Å². The standard InChI is InChI=1S/C25H26N4O4/c30-25(28-22-4-6-23(7-5-22)29-12-14-31-15-13-29)19-33-27-17-21-2-1-3-24(16-21)32-18-20-8-10-26-11-9-20/h1-11,16-17H,12-15,18-19H2,(H,28,30). The molecule has 1 aliphatic heterocycles. The molecule has 3 aromatic rings. The van der Waals surface area contributed by atoms with E-state index >= 15 is 0 Å². The fraction of sp³-hybridized carbons (Fsp3) is 0.240. The highest BCUT2D eigenvalue weighted by Crippen LogP contribution is 2.19. The number of anilines is 2. The summed E-state index contributed by atoms with van der Waals surface area (Å²) in [5.74, 6) is 0.440. The Hall–Kier alpha value is -3.91. The average molecular weight is 447 g/mol. The molecule has 0 atom stereocenters. The quantitative estimate of drug-likeness (QED) is 0.400. The van der Waals surface area contributed by atoms with Gasteiger partial charge in [-0.1, -0.05) is 17.3 Å². The molecule has 1 aliphatic rings. The minimum Gasteiger partial charge on any atom is -0.489 e. The maximum atomic E-state index is 12.1. The molecule has 4 rings (SSSR count). The van der Waals surface area contributed by atoms with Crippen LogP contribution in [0.3, 0.4) is 0 Å². The molecule has 2 aromatic carbocycles. The van der Waals surface area contributed by atoms with E-state index in [0.29, 0.717) is 18.0 Å². The predicted molar refractivity (Wildman–Crippen MR) is 127 cm³/mol. The van der Waals surface area contributed by atoms with Gasteiger partial charge in [-0.15, -0.1) is 0 Å². The Kier molecular flexibility index (Phi) is 7.86. The smallest absolute Gasteiger partial charge is 0.265 e. The molecular formula is C25H26N4O4. The number of hydrogen-bond donors (Lipinski definition) is 1. The van der Waals surface area contributed by atoms with E-state index in [4.69, 9.17) is 14.3 Å². The lowest BCUT2D eigenvalue weighted by Gasteiger charge is -2.28. The summed E-state index contributed by atoms with van der Waals surface area (Å²) >= 11 is 0. The van der Waals surface area contributed by atoms with Crippen LogP contribution >= 0.6 is 0 Å². The number of nitrogens with one attached hydrogen (secondary N) is 1. The van der Waals surface area contributed by atoms with Crippen LogP contribution < -0.4 is 15.0 Å². The molecule has 0 bridgehead atoms. The fourth-order valence-corrected chi connectivity index (χ4v) is 3.30. The summed E-state index contributed by atoms with van der Waals surface area (Å²) in [6.45, 7) is 3.49. The van der Waals surface area contributed by atoms with E-state index in [1.54, 1.807) is 18.6 Å². The molecule has 0 saturated carbocycles. The summed E-state index contributed by atoms with van der Waals surface area (Å²) in [4.78, 5) is 23.5. The third-order valence-electron chi connectivity index (χ3n) is 5.01. The molecule has 0 spiro atoms. The van der Waals surface area contributed by atoms with Crippen LogP contribution in [-0.2, 0) is 21.0 Å². The Balaban J connectivity index is 1.20. The van der Waals surface area contributed by atoms with Gasteiger partial charge in [-0.25, -0.2) is 0 Å². The number of amides is 1. The number of pyridine rings is 1. The number of oxime groups is 1. The zero-order valence-electron chi connectivity index (χ0n) is 18.2. The lowest BCUT2D eigenvalue weighted by atomic mass is 10.2. The van der Waals surface area contributed by atoms with E-state index in [9.17, 15) is 4.79 Å². The number of rotatable bonds is 9. The van der Waals surface area contributed by atoms with Gasteiger partial charge in [0, 0.05) is 36.9 Å². The van der Waals surface area contributed by atoms with Crippen molar-refractivity contribution in [3.63, 3.8) is 0 Å². The summed E-state index contributed by atoms with van der Waals surface area (Å²) in [6, 6.07) is 19.0. The molecule has 1 fully saturated rings. The van der Waals surface area contributed by atoms with Gasteiger partial charge in [-0.2, -0.15) is 0 Å². The molecular weight excluding hydrogens is 420 g/mol. The van der Waals surface area contributed by atoms with Gasteiger partial charge in [-0.3, -0.25) is 9.78 Å². The molecule has 2 heterocycles. The minimum atomic E-state index is -0.277. The van der Waals surface area contributed by atoms with E-state index in [1.807, 2.05) is 60.7 Å². The van der Waals surface area contributed by atoms with Crippen molar-refractivity contribution in [1.29, 1.82) is 0 Å². The first-order valence-corrected chi connectivity index (χ1v) is 10.8. The molecule has 170 valence electrons. The highest BCUT2D eigenvalue weighted by atomic mass is 16.6. The summed E-state index contributed by atoms with van der Waals surface area (Å²) in [7, 11) is 0. The monoisotopic (exact) mass is 446 g/mol. The first-order valence-electron chi connectivity index (χ1n) is 10.8. The normalized spacial score (nSPS) is 13.6. The van der Waals surface area contributed by atoms with Gasteiger partial charge in [0.05, 0.1) is 19.4 Å². The van der Waals surface area contributed by atoms with Crippen LogP contribution in [-0.4, -0.2) is 50.0 Å². The average Bonchev–Trinajstić information content (AvgIpc) is 2.87. The van der Waals surface area contributed by atoms with E-state index < -0.39 is 0 Å². The second kappa shape index (κ2) is 11.6. The molecule has 0 unspecified atom stereocenters. The van der Waals surface area contributed by atoms with Gasteiger partial charge < -0.3 is 24.5 Å². The SMILES string of the molecule is O=C(CON=Cc1cccc(OCc2ccncc2)c1)Nc1ccc(N2CCOCC2)cc1. The number of carbonyl (C=O) groups excluding carboxylic acids is 1. The number of morpholine rings is 1. The van der Waals surface area contributed by atoms with Crippen LogP contribution in [0.25, 0.3) is 0 Å². The van der Waals surface area contributed by atoms with Crippen LogP contribution in [0.4, 0.5) is 11.4 Å². The van der Waals surface area contributed by atoms with E-state index in [2.05, 4.69) is 20.4 Å². The van der Waals surface area contributed by atoms with Crippen molar-refractivity contribution < 1.29 is 19.1 Å². The van der Waals surface area contributed by atoms with Gasteiger partial charge in [0.15, 0.2) is 6.61 Å². The zero-order valence-corrected chi connectivity index (χ0v) is 18.2. The van der Waals surface area contributed by atoms with Crippen molar-refractivity contribution in [2.45, 2.75) is 6.61 Å². The van der Waals surface area contributed by atoms with Crippen molar-refractivity contribution >= 4 is 23.5 Å². The highest BCUT2D eigenvalue weighted by molar-refractivity contribution is 5.92. The molecule has 1 N–H and O–H groups in total. The van der Waals surface area contributed by atoms with Crippen molar-refractivity contribution in [2.75, 3.05) is 43.1 Å².